The van der Waals surface area contributed by atoms with Gasteiger partial charge in [0.1, 0.15) is 25.0 Å². The molecule has 1 heterocycles. The summed E-state index contributed by atoms with van der Waals surface area (Å²) in [6.45, 7) is 8.63. The minimum Gasteiger partial charge on any atom is -0.355 e. The van der Waals surface area contributed by atoms with Crippen LogP contribution in [0.4, 0.5) is 0 Å². The normalized spacial score (nSPS) is 24.8. The SMILES string of the molecule is CC(C)N(C(C)C)P(OCCC#N)O[C@@H]1CC(N)OC1C(COOI)OOI. The number of nitrogens with two attached hydrogens (primary N) is 1. The minimum absolute atomic E-state index is 0.0640. The molecule has 0 saturated carbocycles. The van der Waals surface area contributed by atoms with Crippen molar-refractivity contribution in [3.8, 4) is 6.07 Å². The maximum Gasteiger partial charge on any atom is 0.259 e. The van der Waals surface area contributed by atoms with Crippen molar-refractivity contribution in [3.63, 3.8) is 0 Å². The minimum atomic E-state index is -1.44. The summed E-state index contributed by atoms with van der Waals surface area (Å²) in [5.41, 5.74) is 6.01. The predicted molar refractivity (Wildman–Crippen MR) is 119 cm³/mol. The first kappa shape index (κ1) is 27.1. The molecule has 0 spiro atoms. The molecule has 0 aliphatic carbocycles. The molecule has 0 aromatic heterocycles. The van der Waals surface area contributed by atoms with Gasteiger partial charge in [0.25, 0.3) is 8.53 Å². The lowest BCUT2D eigenvalue weighted by atomic mass is 10.1. The van der Waals surface area contributed by atoms with Gasteiger partial charge in [-0.3, -0.25) is 0 Å². The first-order chi connectivity index (χ1) is 13.3. The number of nitriles is 1. The molecule has 0 amide bonds. The Labute approximate surface area is 195 Å². The zero-order valence-electron chi connectivity index (χ0n) is 16.3. The monoisotopic (exact) mass is 647 g/mol. The van der Waals surface area contributed by atoms with E-state index in [1.807, 2.05) is 0 Å². The van der Waals surface area contributed by atoms with Crippen molar-refractivity contribution < 1.29 is 30.0 Å². The molecule has 164 valence electrons. The second-order valence-corrected chi connectivity index (χ2v) is 8.74. The van der Waals surface area contributed by atoms with Crippen LogP contribution in [0.5, 0.6) is 0 Å². The van der Waals surface area contributed by atoms with E-state index in [-0.39, 0.29) is 31.7 Å². The molecular weight excluding hydrogens is 619 g/mol. The van der Waals surface area contributed by atoms with Gasteiger partial charge in [-0.1, -0.05) is 0 Å². The molecular formula is C15H28I2N3O7P. The Bertz CT molecular complexity index is 467. The van der Waals surface area contributed by atoms with Gasteiger partial charge in [-0.2, -0.15) is 11.7 Å². The molecule has 1 rings (SSSR count). The van der Waals surface area contributed by atoms with Crippen LogP contribution in [-0.2, 0) is 30.0 Å². The molecule has 1 fully saturated rings. The topological polar surface area (TPSA) is 118 Å². The van der Waals surface area contributed by atoms with Crippen molar-refractivity contribution in [2.45, 2.75) is 77.2 Å². The summed E-state index contributed by atoms with van der Waals surface area (Å²) in [4.78, 5) is 10.3. The van der Waals surface area contributed by atoms with Crippen molar-refractivity contribution in [1.29, 1.82) is 5.26 Å². The Hall–Kier alpha value is 1.02. The lowest BCUT2D eigenvalue weighted by molar-refractivity contribution is -0.287. The highest BCUT2D eigenvalue weighted by molar-refractivity contribution is 14.1. The molecule has 4 unspecified atom stereocenters. The third-order valence-electron chi connectivity index (χ3n) is 3.85. The van der Waals surface area contributed by atoms with E-state index in [2.05, 4.69) is 41.7 Å². The van der Waals surface area contributed by atoms with Crippen LogP contribution < -0.4 is 5.73 Å². The van der Waals surface area contributed by atoms with Crippen LogP contribution in [0.3, 0.4) is 0 Å². The largest absolute Gasteiger partial charge is 0.355 e. The third kappa shape index (κ3) is 9.03. The van der Waals surface area contributed by atoms with Crippen molar-refractivity contribution >= 4 is 54.5 Å². The Morgan fingerprint density at radius 1 is 1.25 bits per heavy atom. The van der Waals surface area contributed by atoms with E-state index in [1.165, 1.54) is 0 Å². The Morgan fingerprint density at radius 2 is 1.93 bits per heavy atom. The molecule has 0 bridgehead atoms. The molecule has 0 aromatic carbocycles. The van der Waals surface area contributed by atoms with Crippen LogP contribution in [0.1, 0.15) is 40.5 Å². The van der Waals surface area contributed by atoms with E-state index in [4.69, 9.17) is 37.8 Å². The number of hydrogen-bond donors (Lipinski definition) is 1. The molecule has 10 nitrogen and oxygen atoms in total. The van der Waals surface area contributed by atoms with Gasteiger partial charge >= 0.3 is 0 Å². The van der Waals surface area contributed by atoms with Crippen LogP contribution in [-0.4, -0.2) is 54.5 Å². The average Bonchev–Trinajstić information content (AvgIpc) is 2.98. The Morgan fingerprint density at radius 3 is 2.46 bits per heavy atom. The average molecular weight is 647 g/mol. The maximum absolute atomic E-state index is 8.84. The van der Waals surface area contributed by atoms with Crippen molar-refractivity contribution in [2.75, 3.05) is 13.2 Å². The molecule has 0 radical (unpaired) electrons. The number of ether oxygens (including phenoxy) is 1. The molecule has 1 aliphatic heterocycles. The number of hydrogen-bond acceptors (Lipinski definition) is 10. The highest BCUT2D eigenvalue weighted by atomic mass is 127. The summed E-state index contributed by atoms with van der Waals surface area (Å²) >= 11 is 3.24. The van der Waals surface area contributed by atoms with Crippen molar-refractivity contribution in [1.82, 2.24) is 4.67 Å². The van der Waals surface area contributed by atoms with Gasteiger partial charge in [0, 0.05) is 18.5 Å². The smallest absolute Gasteiger partial charge is 0.259 e. The summed E-state index contributed by atoms with van der Waals surface area (Å²) in [6.07, 6.45) is -1.34. The number of nitrogens with zero attached hydrogens (tertiary/aromatic N) is 2. The second-order valence-electron chi connectivity index (χ2n) is 6.61. The van der Waals surface area contributed by atoms with Crippen LogP contribution >= 0.6 is 54.5 Å². The lowest BCUT2D eigenvalue weighted by Gasteiger charge is -2.37. The lowest BCUT2D eigenvalue weighted by Crippen LogP contribution is -2.42. The van der Waals surface area contributed by atoms with E-state index in [0.29, 0.717) is 6.42 Å². The van der Waals surface area contributed by atoms with E-state index < -0.39 is 33.1 Å². The van der Waals surface area contributed by atoms with Gasteiger partial charge in [-0.15, -0.1) is 0 Å². The fourth-order valence-corrected chi connectivity index (χ4v) is 5.02. The zero-order valence-corrected chi connectivity index (χ0v) is 21.5. The Kier molecular flexibility index (Phi) is 14.4. The highest BCUT2D eigenvalue weighted by Crippen LogP contribution is 2.49. The highest BCUT2D eigenvalue weighted by Gasteiger charge is 2.44. The molecule has 1 saturated heterocycles. The number of halogens is 2. The van der Waals surface area contributed by atoms with Crippen LogP contribution in [0.15, 0.2) is 0 Å². The van der Waals surface area contributed by atoms with E-state index in [0.717, 1.165) is 0 Å². The molecule has 2 N–H and O–H groups in total. The molecule has 0 aromatic rings. The fourth-order valence-electron chi connectivity index (χ4n) is 2.87. The molecule has 13 heteroatoms. The maximum atomic E-state index is 8.84. The van der Waals surface area contributed by atoms with Crippen molar-refractivity contribution in [2.24, 2.45) is 5.73 Å². The van der Waals surface area contributed by atoms with Gasteiger partial charge in [-0.25, -0.2) is 14.4 Å². The van der Waals surface area contributed by atoms with Crippen LogP contribution in [0.2, 0.25) is 0 Å². The molecule has 28 heavy (non-hydrogen) atoms. The molecule has 1 aliphatic rings. The fraction of sp³-hybridized carbons (Fsp3) is 0.933. The summed E-state index contributed by atoms with van der Waals surface area (Å²) in [5, 5.41) is 8.84. The summed E-state index contributed by atoms with van der Waals surface area (Å²) in [5.74, 6) is 0. The first-order valence-corrected chi connectivity index (χ1v) is 11.7. The van der Waals surface area contributed by atoms with Gasteiger partial charge in [-0.05, 0) is 27.7 Å². The van der Waals surface area contributed by atoms with E-state index in [9.17, 15) is 0 Å². The van der Waals surface area contributed by atoms with Gasteiger partial charge in [0.05, 0.1) is 25.2 Å². The summed E-state index contributed by atoms with van der Waals surface area (Å²) in [7, 11) is -1.44. The van der Waals surface area contributed by atoms with Gasteiger partial charge < -0.3 is 19.5 Å². The van der Waals surface area contributed by atoms with Crippen molar-refractivity contribution in [3.05, 3.63) is 0 Å². The summed E-state index contributed by atoms with van der Waals surface area (Å²) in [6, 6.07) is 2.45. The zero-order chi connectivity index (χ0) is 21.1. The van der Waals surface area contributed by atoms with Crippen LogP contribution in [0, 0.1) is 11.3 Å². The first-order valence-electron chi connectivity index (χ1n) is 8.85. The van der Waals surface area contributed by atoms with E-state index in [1.54, 1.807) is 46.0 Å². The van der Waals surface area contributed by atoms with Gasteiger partial charge in [0.2, 0.25) is 0 Å². The van der Waals surface area contributed by atoms with Gasteiger partial charge in [0.15, 0.2) is 46.0 Å². The number of rotatable bonds is 14. The summed E-state index contributed by atoms with van der Waals surface area (Å²) < 4.78 is 29.7. The van der Waals surface area contributed by atoms with Crippen LogP contribution in [0.25, 0.3) is 0 Å². The standard InChI is InChI=1S/C15H28I2N3O7P/c1-10(2)20(11(3)4)28(22-7-5-6-18)25-12-8-14(19)23-15(12)13(24-27-17)9-21-26-16/h10-15H,5,7-9,19H2,1-4H3/t12-,13?,14?,15?,28?/m1/s1. The third-order valence-corrected chi connectivity index (χ3v) is 6.47. The molecule has 5 atom stereocenters. The second kappa shape index (κ2) is 14.9. The van der Waals surface area contributed by atoms with E-state index >= 15 is 0 Å². The Balaban J connectivity index is 2.96. The predicted octanol–water partition coefficient (Wildman–Crippen LogP) is 3.69. The quantitative estimate of drug-likeness (QED) is 0.0985.